The third-order valence-electron chi connectivity index (χ3n) is 1.32. The molecule has 0 aliphatic rings. The Kier molecular flexibility index (Phi) is 5.54. The number of rotatable bonds is 2. The maximum absolute atomic E-state index is 8.89. The minimum absolute atomic E-state index is 0.203. The van der Waals surface area contributed by atoms with E-state index in [0.717, 1.165) is 12.7 Å². The van der Waals surface area contributed by atoms with Gasteiger partial charge in [0.15, 0.2) is 0 Å². The molecule has 5 nitrogen and oxygen atoms in total. The molecule has 0 aromatic carbocycles. The average Bonchev–Trinajstić information content (AvgIpc) is 2.36. The van der Waals surface area contributed by atoms with E-state index in [2.05, 4.69) is 4.98 Å². The summed E-state index contributed by atoms with van der Waals surface area (Å²) < 4.78 is 1.95. The van der Waals surface area contributed by atoms with E-state index in [-0.39, 0.29) is 6.61 Å². The van der Waals surface area contributed by atoms with Gasteiger partial charge in [0, 0.05) is 5.97 Å². The normalized spacial score (nSPS) is 8.85. The van der Waals surface area contributed by atoms with Crippen LogP contribution < -0.4 is 9.67 Å². The van der Waals surface area contributed by atoms with Gasteiger partial charge in [-0.25, -0.2) is 9.55 Å². The molecule has 0 atom stereocenters. The lowest BCUT2D eigenvalue weighted by atomic mass is 10.4. The first-order valence-corrected chi connectivity index (χ1v) is 3.88. The number of aryl methyl sites for hydroxylation is 1. The largest absolute Gasteiger partial charge is 0.550 e. The van der Waals surface area contributed by atoms with E-state index in [9.17, 15) is 0 Å². The number of nitrogens with zero attached hydrogens (tertiary/aromatic N) is 1. The predicted molar refractivity (Wildman–Crippen MR) is 43.4 cm³/mol. The van der Waals surface area contributed by atoms with Crippen LogP contribution in [0.2, 0.25) is 0 Å². The molecule has 0 bridgehead atoms. The van der Waals surface area contributed by atoms with Crippen molar-refractivity contribution in [1.29, 1.82) is 0 Å². The molecule has 0 aliphatic carbocycles. The zero-order valence-electron chi connectivity index (χ0n) is 7.78. The lowest BCUT2D eigenvalue weighted by Gasteiger charge is -1.87. The molecule has 1 heterocycles. The first kappa shape index (κ1) is 11.6. The van der Waals surface area contributed by atoms with Gasteiger partial charge in [-0.1, -0.05) is 0 Å². The van der Waals surface area contributed by atoms with Crippen LogP contribution in [0.25, 0.3) is 0 Å². The molecule has 1 aromatic rings. The van der Waals surface area contributed by atoms with Gasteiger partial charge in [0.1, 0.15) is 12.4 Å². The number of aliphatic hydroxyl groups excluding tert-OH is 1. The van der Waals surface area contributed by atoms with E-state index in [1.165, 1.54) is 0 Å². The molecule has 0 fully saturated rings. The molecular formula is C8H14N2O3. The number of imidazole rings is 1. The van der Waals surface area contributed by atoms with E-state index in [1.807, 2.05) is 24.0 Å². The number of aromatic nitrogens is 2. The van der Waals surface area contributed by atoms with Crippen LogP contribution in [0.3, 0.4) is 0 Å². The molecule has 2 N–H and O–H groups in total. The number of carboxylic acids is 1. The molecule has 1 rings (SSSR count). The fourth-order valence-corrected chi connectivity index (χ4v) is 0.791. The maximum atomic E-state index is 8.89. The number of aliphatic hydroxyl groups is 1. The van der Waals surface area contributed by atoms with Crippen molar-refractivity contribution in [1.82, 2.24) is 4.98 Å². The van der Waals surface area contributed by atoms with E-state index in [0.29, 0.717) is 6.42 Å². The standard InChI is InChI=1S/C6H10N2O.C2H4O2/c1-8-4-3-7-6(8)2-5-9;1-2(3)4/h3-4,9H,2,5H2,1H3;1H3,(H,3,4). The van der Waals surface area contributed by atoms with Crippen molar-refractivity contribution >= 4 is 5.97 Å². The summed E-state index contributed by atoms with van der Waals surface area (Å²) in [6.45, 7) is 1.17. The topological polar surface area (TPSA) is 80.0 Å². The van der Waals surface area contributed by atoms with Crippen molar-refractivity contribution in [2.45, 2.75) is 13.3 Å². The minimum Gasteiger partial charge on any atom is -0.550 e. The zero-order chi connectivity index (χ0) is 10.3. The first-order chi connectivity index (χ1) is 6.07. The van der Waals surface area contributed by atoms with Crippen molar-refractivity contribution in [2.75, 3.05) is 6.61 Å². The highest BCUT2D eigenvalue weighted by Crippen LogP contribution is 1.83. The summed E-state index contributed by atoms with van der Waals surface area (Å²) in [5.74, 6) is -0.0301. The summed E-state index contributed by atoms with van der Waals surface area (Å²) in [6, 6.07) is 0. The minimum atomic E-state index is -1.08. The Balaban J connectivity index is 0.000000310. The summed E-state index contributed by atoms with van der Waals surface area (Å²) in [6.07, 6.45) is 4.47. The number of hydrogen-bond donors (Lipinski definition) is 2. The van der Waals surface area contributed by atoms with E-state index < -0.39 is 5.97 Å². The van der Waals surface area contributed by atoms with Crippen molar-refractivity contribution in [2.24, 2.45) is 7.05 Å². The lowest BCUT2D eigenvalue weighted by Crippen LogP contribution is -2.30. The molecule has 0 amide bonds. The van der Waals surface area contributed by atoms with Gasteiger partial charge in [-0.2, -0.15) is 0 Å². The number of carboxylic acid groups (broad SMARTS) is 1. The summed E-state index contributed by atoms with van der Waals surface area (Å²) in [4.78, 5) is 11.9. The second kappa shape index (κ2) is 6.19. The van der Waals surface area contributed by atoms with Crippen LogP contribution in [0, 0.1) is 0 Å². The smallest absolute Gasteiger partial charge is 0.256 e. The van der Waals surface area contributed by atoms with Crippen LogP contribution in [0.1, 0.15) is 12.7 Å². The lowest BCUT2D eigenvalue weighted by molar-refractivity contribution is -0.677. The van der Waals surface area contributed by atoms with Crippen LogP contribution in [-0.2, 0) is 18.3 Å². The Hall–Kier alpha value is -1.36. The summed E-state index contributed by atoms with van der Waals surface area (Å²) in [5, 5.41) is 17.4. The van der Waals surface area contributed by atoms with Gasteiger partial charge in [0.05, 0.1) is 20.1 Å². The van der Waals surface area contributed by atoms with E-state index in [4.69, 9.17) is 15.0 Å². The Bertz CT molecular complexity index is 254. The van der Waals surface area contributed by atoms with Crippen molar-refractivity contribution < 1.29 is 19.6 Å². The Morgan fingerprint density at radius 2 is 2.31 bits per heavy atom. The molecule has 1 aromatic heterocycles. The highest BCUT2D eigenvalue weighted by atomic mass is 16.4. The van der Waals surface area contributed by atoms with Crippen LogP contribution in [0.5, 0.6) is 0 Å². The molecule has 0 unspecified atom stereocenters. The number of H-pyrrole nitrogens is 1. The highest BCUT2D eigenvalue weighted by Gasteiger charge is 2.02. The van der Waals surface area contributed by atoms with Gasteiger partial charge in [0.2, 0.25) is 0 Å². The van der Waals surface area contributed by atoms with E-state index >= 15 is 0 Å². The van der Waals surface area contributed by atoms with Gasteiger partial charge in [0.25, 0.3) is 5.82 Å². The Labute approximate surface area is 76.7 Å². The number of nitrogens with one attached hydrogen (secondary N) is 1. The maximum Gasteiger partial charge on any atom is 0.256 e. The summed E-state index contributed by atoms with van der Waals surface area (Å²) in [7, 11) is 1.95. The number of carbonyl (C=O) groups is 1. The fraction of sp³-hybridized carbons (Fsp3) is 0.500. The van der Waals surface area contributed by atoms with Gasteiger partial charge in [-0.05, 0) is 6.92 Å². The second-order valence-electron chi connectivity index (χ2n) is 2.48. The number of aliphatic carboxylic acids is 1. The summed E-state index contributed by atoms with van der Waals surface area (Å²) in [5.41, 5.74) is 0. The van der Waals surface area contributed by atoms with Crippen molar-refractivity contribution in [3.05, 3.63) is 18.2 Å². The molecule has 0 radical (unpaired) electrons. The van der Waals surface area contributed by atoms with Gasteiger partial charge in [-0.15, -0.1) is 0 Å². The Morgan fingerprint density at radius 3 is 2.62 bits per heavy atom. The predicted octanol–water partition coefficient (Wildman–Crippen LogP) is -1.87. The summed E-state index contributed by atoms with van der Waals surface area (Å²) >= 11 is 0. The molecule has 0 spiro atoms. The van der Waals surface area contributed by atoms with Crippen LogP contribution in [0.4, 0.5) is 0 Å². The van der Waals surface area contributed by atoms with Crippen molar-refractivity contribution in [3.8, 4) is 0 Å². The van der Waals surface area contributed by atoms with Crippen molar-refractivity contribution in [3.63, 3.8) is 0 Å². The molecule has 5 heteroatoms. The van der Waals surface area contributed by atoms with Crippen LogP contribution in [-0.4, -0.2) is 22.7 Å². The molecule has 0 aliphatic heterocycles. The third kappa shape index (κ3) is 5.86. The quantitative estimate of drug-likeness (QED) is 0.531. The fourth-order valence-electron chi connectivity index (χ4n) is 0.791. The van der Waals surface area contributed by atoms with Gasteiger partial charge < -0.3 is 15.0 Å². The first-order valence-electron chi connectivity index (χ1n) is 3.88. The van der Waals surface area contributed by atoms with Gasteiger partial charge in [-0.3, -0.25) is 0 Å². The third-order valence-corrected chi connectivity index (χ3v) is 1.32. The van der Waals surface area contributed by atoms with E-state index in [1.54, 1.807) is 0 Å². The zero-order valence-corrected chi connectivity index (χ0v) is 7.78. The van der Waals surface area contributed by atoms with Crippen LogP contribution >= 0.6 is 0 Å². The number of aromatic amines is 1. The monoisotopic (exact) mass is 186 g/mol. The van der Waals surface area contributed by atoms with Gasteiger partial charge >= 0.3 is 0 Å². The highest BCUT2D eigenvalue weighted by molar-refractivity contribution is 5.60. The average molecular weight is 186 g/mol. The second-order valence-corrected chi connectivity index (χ2v) is 2.48. The molecule has 0 saturated carbocycles. The molecule has 74 valence electrons. The molecule has 13 heavy (non-hydrogen) atoms. The van der Waals surface area contributed by atoms with Crippen LogP contribution in [0.15, 0.2) is 12.4 Å². The Morgan fingerprint density at radius 1 is 1.77 bits per heavy atom. The number of hydrogen-bond acceptors (Lipinski definition) is 3. The SMILES string of the molecule is CC(=O)[O-].C[n+]1cc[nH]c1CCO. The molecular weight excluding hydrogens is 172 g/mol. The number of carbonyl (C=O) groups excluding carboxylic acids is 1. The molecule has 0 saturated heterocycles.